The molecular weight excluding hydrogens is 258 g/mol. The molecule has 1 aromatic rings. The van der Waals surface area contributed by atoms with E-state index in [4.69, 9.17) is 16.3 Å². The Kier molecular flexibility index (Phi) is 4.53. The van der Waals surface area contributed by atoms with Crippen LogP contribution in [-0.2, 0) is 0 Å². The van der Waals surface area contributed by atoms with Crippen LogP contribution in [0.2, 0.25) is 0 Å². The van der Waals surface area contributed by atoms with Gasteiger partial charge in [-0.3, -0.25) is 0 Å². The molecular formula is C9H9BrClFO. The number of rotatable bonds is 4. The molecule has 4 heteroatoms. The predicted octanol–water partition coefficient (Wildman–Crippen LogP) is 3.60. The zero-order chi connectivity index (χ0) is 9.68. The second-order valence-corrected chi connectivity index (χ2v) is 3.70. The third-order valence-corrected chi connectivity index (χ3v) is 2.32. The number of halogens is 3. The summed E-state index contributed by atoms with van der Waals surface area (Å²) in [6.07, 6.45) is 0.783. The van der Waals surface area contributed by atoms with E-state index >= 15 is 0 Å². The minimum atomic E-state index is -0.281. The van der Waals surface area contributed by atoms with Gasteiger partial charge in [0.2, 0.25) is 0 Å². The summed E-state index contributed by atoms with van der Waals surface area (Å²) in [5.41, 5.74) is 0. The SMILES string of the molecule is Fc1ccc(OCCCCl)c(Br)c1. The van der Waals surface area contributed by atoms with E-state index in [2.05, 4.69) is 15.9 Å². The fourth-order valence-corrected chi connectivity index (χ4v) is 1.40. The van der Waals surface area contributed by atoms with Gasteiger partial charge in [-0.2, -0.15) is 0 Å². The zero-order valence-corrected chi connectivity index (χ0v) is 9.24. The Morgan fingerprint density at radius 1 is 1.46 bits per heavy atom. The Morgan fingerprint density at radius 3 is 2.85 bits per heavy atom. The van der Waals surface area contributed by atoms with Crippen LogP contribution in [0.4, 0.5) is 4.39 Å². The first kappa shape index (κ1) is 10.8. The van der Waals surface area contributed by atoms with Crippen LogP contribution in [0.5, 0.6) is 5.75 Å². The molecule has 72 valence electrons. The average molecular weight is 268 g/mol. The van der Waals surface area contributed by atoms with E-state index in [-0.39, 0.29) is 5.82 Å². The summed E-state index contributed by atoms with van der Waals surface area (Å²) in [5.74, 6) is 0.932. The van der Waals surface area contributed by atoms with Crippen molar-refractivity contribution < 1.29 is 9.13 Å². The van der Waals surface area contributed by atoms with Gasteiger partial charge in [0, 0.05) is 5.88 Å². The lowest BCUT2D eigenvalue weighted by atomic mass is 10.3. The average Bonchev–Trinajstić information content (AvgIpc) is 2.09. The minimum absolute atomic E-state index is 0.281. The summed E-state index contributed by atoms with van der Waals surface area (Å²) in [6.45, 7) is 0.549. The summed E-state index contributed by atoms with van der Waals surface area (Å²) in [4.78, 5) is 0. The van der Waals surface area contributed by atoms with Crippen LogP contribution in [0.1, 0.15) is 6.42 Å². The third kappa shape index (κ3) is 3.53. The van der Waals surface area contributed by atoms with Gasteiger partial charge in [-0.1, -0.05) is 0 Å². The molecule has 1 aromatic carbocycles. The Labute approximate surface area is 90.0 Å². The van der Waals surface area contributed by atoms with Gasteiger partial charge in [-0.15, -0.1) is 11.6 Å². The highest BCUT2D eigenvalue weighted by atomic mass is 79.9. The molecule has 1 nitrogen and oxygen atoms in total. The summed E-state index contributed by atoms with van der Waals surface area (Å²) in [6, 6.07) is 4.32. The lowest BCUT2D eigenvalue weighted by molar-refractivity contribution is 0.316. The summed E-state index contributed by atoms with van der Waals surface area (Å²) in [5, 5.41) is 0. The van der Waals surface area contributed by atoms with E-state index in [0.717, 1.165) is 6.42 Å². The van der Waals surface area contributed by atoms with Gasteiger partial charge >= 0.3 is 0 Å². The minimum Gasteiger partial charge on any atom is -0.492 e. The molecule has 0 atom stereocenters. The summed E-state index contributed by atoms with van der Waals surface area (Å²) in [7, 11) is 0. The maximum atomic E-state index is 12.6. The molecule has 0 N–H and O–H groups in total. The van der Waals surface area contributed by atoms with Crippen molar-refractivity contribution in [2.45, 2.75) is 6.42 Å². The van der Waals surface area contributed by atoms with Crippen molar-refractivity contribution >= 4 is 27.5 Å². The summed E-state index contributed by atoms with van der Waals surface area (Å²) < 4.78 is 18.6. The largest absolute Gasteiger partial charge is 0.492 e. The zero-order valence-electron chi connectivity index (χ0n) is 6.90. The van der Waals surface area contributed by atoms with Crippen LogP contribution >= 0.6 is 27.5 Å². The normalized spacial score (nSPS) is 10.1. The molecule has 0 saturated carbocycles. The Balaban J connectivity index is 2.56. The molecule has 0 aliphatic heterocycles. The molecule has 0 radical (unpaired) electrons. The van der Waals surface area contributed by atoms with Gasteiger partial charge in [0.15, 0.2) is 0 Å². The number of ether oxygens (including phenoxy) is 1. The molecule has 0 aromatic heterocycles. The van der Waals surface area contributed by atoms with E-state index in [0.29, 0.717) is 22.7 Å². The molecule has 0 aliphatic carbocycles. The highest BCUT2D eigenvalue weighted by Crippen LogP contribution is 2.25. The molecule has 1 rings (SSSR count). The van der Waals surface area contributed by atoms with Crippen LogP contribution < -0.4 is 4.74 Å². The van der Waals surface area contributed by atoms with Gasteiger partial charge in [-0.05, 0) is 40.5 Å². The Hall–Kier alpha value is -0.280. The van der Waals surface area contributed by atoms with Crippen LogP contribution in [0.25, 0.3) is 0 Å². The number of alkyl halides is 1. The smallest absolute Gasteiger partial charge is 0.133 e. The van der Waals surface area contributed by atoms with E-state index in [1.807, 2.05) is 0 Å². The van der Waals surface area contributed by atoms with Crippen molar-refractivity contribution in [1.82, 2.24) is 0 Å². The standard InChI is InChI=1S/C9H9BrClFO/c10-8-6-7(12)2-3-9(8)13-5-1-4-11/h2-3,6H,1,4-5H2. The van der Waals surface area contributed by atoms with Crippen LogP contribution in [0.15, 0.2) is 22.7 Å². The fourth-order valence-electron chi connectivity index (χ4n) is 0.829. The van der Waals surface area contributed by atoms with Crippen molar-refractivity contribution in [3.05, 3.63) is 28.5 Å². The second-order valence-electron chi connectivity index (χ2n) is 2.47. The quantitative estimate of drug-likeness (QED) is 0.598. The third-order valence-electron chi connectivity index (χ3n) is 1.43. The molecule has 0 spiro atoms. The van der Waals surface area contributed by atoms with Crippen LogP contribution in [-0.4, -0.2) is 12.5 Å². The number of hydrogen-bond donors (Lipinski definition) is 0. The molecule has 0 bridgehead atoms. The molecule has 0 unspecified atom stereocenters. The highest BCUT2D eigenvalue weighted by Gasteiger charge is 2.01. The van der Waals surface area contributed by atoms with Gasteiger partial charge in [0.25, 0.3) is 0 Å². The predicted molar refractivity (Wildman–Crippen MR) is 54.9 cm³/mol. The fraction of sp³-hybridized carbons (Fsp3) is 0.333. The molecule has 0 fully saturated rings. The van der Waals surface area contributed by atoms with E-state index in [1.54, 1.807) is 6.07 Å². The van der Waals surface area contributed by atoms with Crippen molar-refractivity contribution in [1.29, 1.82) is 0 Å². The van der Waals surface area contributed by atoms with Crippen LogP contribution in [0, 0.1) is 5.82 Å². The molecule has 0 heterocycles. The molecule has 0 aliphatic rings. The van der Waals surface area contributed by atoms with E-state index in [9.17, 15) is 4.39 Å². The van der Waals surface area contributed by atoms with Gasteiger partial charge in [0.1, 0.15) is 11.6 Å². The Bertz CT molecular complexity index is 280. The first-order valence-corrected chi connectivity index (χ1v) is 5.20. The second kappa shape index (κ2) is 5.45. The molecule has 13 heavy (non-hydrogen) atoms. The van der Waals surface area contributed by atoms with Crippen molar-refractivity contribution in [2.75, 3.05) is 12.5 Å². The Morgan fingerprint density at radius 2 is 2.23 bits per heavy atom. The first-order chi connectivity index (χ1) is 6.24. The monoisotopic (exact) mass is 266 g/mol. The van der Waals surface area contributed by atoms with Gasteiger partial charge in [0.05, 0.1) is 11.1 Å². The van der Waals surface area contributed by atoms with Crippen LogP contribution in [0.3, 0.4) is 0 Å². The maximum absolute atomic E-state index is 12.6. The van der Waals surface area contributed by atoms with Gasteiger partial charge < -0.3 is 4.74 Å². The lowest BCUT2D eigenvalue weighted by Gasteiger charge is -2.06. The van der Waals surface area contributed by atoms with Gasteiger partial charge in [-0.25, -0.2) is 4.39 Å². The molecule has 0 saturated heterocycles. The number of hydrogen-bond acceptors (Lipinski definition) is 1. The first-order valence-electron chi connectivity index (χ1n) is 3.88. The lowest BCUT2D eigenvalue weighted by Crippen LogP contribution is -1.98. The molecule has 0 amide bonds. The van der Waals surface area contributed by atoms with Crippen molar-refractivity contribution in [2.24, 2.45) is 0 Å². The topological polar surface area (TPSA) is 9.23 Å². The highest BCUT2D eigenvalue weighted by molar-refractivity contribution is 9.10. The van der Waals surface area contributed by atoms with Crippen molar-refractivity contribution in [3.63, 3.8) is 0 Å². The van der Waals surface area contributed by atoms with E-state index in [1.165, 1.54) is 12.1 Å². The summed E-state index contributed by atoms with van der Waals surface area (Å²) >= 11 is 8.68. The number of benzene rings is 1. The van der Waals surface area contributed by atoms with E-state index < -0.39 is 0 Å². The maximum Gasteiger partial charge on any atom is 0.133 e. The van der Waals surface area contributed by atoms with Crippen molar-refractivity contribution in [3.8, 4) is 5.75 Å².